The third-order valence-electron chi connectivity index (χ3n) is 3.27. The summed E-state index contributed by atoms with van der Waals surface area (Å²) in [7, 11) is 0. The predicted octanol–water partition coefficient (Wildman–Crippen LogP) is 1.37. The Kier molecular flexibility index (Phi) is 5.15. The van der Waals surface area contributed by atoms with E-state index >= 15 is 0 Å². The third kappa shape index (κ3) is 3.82. The number of carbonyl (C=O) groups excluding carboxylic acids is 1. The van der Waals surface area contributed by atoms with E-state index in [9.17, 15) is 4.79 Å². The zero-order valence-corrected chi connectivity index (χ0v) is 11.5. The summed E-state index contributed by atoms with van der Waals surface area (Å²) in [5, 5.41) is 2.80. The van der Waals surface area contributed by atoms with Gasteiger partial charge in [0, 0.05) is 24.5 Å². The van der Waals surface area contributed by atoms with E-state index in [1.807, 2.05) is 24.3 Å². The van der Waals surface area contributed by atoms with Crippen LogP contribution in [-0.4, -0.2) is 38.3 Å². The molecule has 0 radical (unpaired) electrons. The molecule has 1 heterocycles. The Bertz CT molecular complexity index is 453. The summed E-state index contributed by atoms with van der Waals surface area (Å²) in [5.74, 6) is -0.191. The Morgan fingerprint density at radius 3 is 2.65 bits per heavy atom. The number of hydrogen-bond donors (Lipinski definition) is 2. The molecule has 0 spiro atoms. The minimum absolute atomic E-state index is 0.191. The molecule has 1 aromatic carbocycles. The van der Waals surface area contributed by atoms with Crippen molar-refractivity contribution in [2.75, 3.05) is 36.5 Å². The van der Waals surface area contributed by atoms with Gasteiger partial charge in [0.15, 0.2) is 0 Å². The van der Waals surface area contributed by atoms with Crippen LogP contribution in [0.15, 0.2) is 36.9 Å². The molecule has 0 aromatic heterocycles. The zero-order chi connectivity index (χ0) is 14.4. The highest BCUT2D eigenvalue weighted by molar-refractivity contribution is 5.94. The van der Waals surface area contributed by atoms with Crippen LogP contribution in [0.1, 0.15) is 6.42 Å². The maximum Gasteiger partial charge on any atom is 0.241 e. The molecule has 0 saturated carbocycles. The smallest absolute Gasteiger partial charge is 0.241 e. The van der Waals surface area contributed by atoms with Crippen LogP contribution in [-0.2, 0) is 9.53 Å². The Hall–Kier alpha value is -1.85. The molecule has 1 aliphatic rings. The van der Waals surface area contributed by atoms with Crippen molar-refractivity contribution in [1.29, 1.82) is 0 Å². The maximum atomic E-state index is 11.8. The van der Waals surface area contributed by atoms with Gasteiger partial charge in [0.1, 0.15) is 0 Å². The van der Waals surface area contributed by atoms with Gasteiger partial charge in [0.05, 0.1) is 19.3 Å². The molecule has 1 fully saturated rings. The lowest BCUT2D eigenvalue weighted by Crippen LogP contribution is -2.36. The van der Waals surface area contributed by atoms with Crippen LogP contribution in [0.5, 0.6) is 0 Å². The van der Waals surface area contributed by atoms with Gasteiger partial charge >= 0.3 is 0 Å². The fourth-order valence-corrected chi connectivity index (χ4v) is 2.10. The summed E-state index contributed by atoms with van der Waals surface area (Å²) in [6.07, 6.45) is 2.11. The number of amides is 1. The van der Waals surface area contributed by atoms with E-state index in [1.165, 1.54) is 0 Å². The highest BCUT2D eigenvalue weighted by atomic mass is 16.5. The van der Waals surface area contributed by atoms with Gasteiger partial charge in [-0.1, -0.05) is 6.08 Å². The average molecular weight is 275 g/mol. The van der Waals surface area contributed by atoms with Crippen molar-refractivity contribution in [2.45, 2.75) is 12.5 Å². The van der Waals surface area contributed by atoms with Crippen molar-refractivity contribution in [3.8, 4) is 0 Å². The minimum atomic E-state index is -0.550. The number of ether oxygens (including phenoxy) is 1. The Morgan fingerprint density at radius 1 is 1.40 bits per heavy atom. The summed E-state index contributed by atoms with van der Waals surface area (Å²) in [5.41, 5.74) is 7.61. The standard InChI is InChI=1S/C15H21N3O2/c1-2-3-14(16)15(19)17-12-4-6-13(7-5-12)18-8-10-20-11-9-18/h2,4-7,14H,1,3,8-11,16H2,(H,17,19). The summed E-state index contributed by atoms with van der Waals surface area (Å²) in [6.45, 7) is 6.89. The SMILES string of the molecule is C=CCC(N)C(=O)Nc1ccc(N2CCOCC2)cc1. The van der Waals surface area contributed by atoms with E-state index in [-0.39, 0.29) is 5.91 Å². The molecule has 5 nitrogen and oxygen atoms in total. The zero-order valence-electron chi connectivity index (χ0n) is 11.5. The molecule has 1 aliphatic heterocycles. The molecular formula is C15H21N3O2. The van der Waals surface area contributed by atoms with Crippen molar-refractivity contribution in [3.05, 3.63) is 36.9 Å². The van der Waals surface area contributed by atoms with E-state index in [2.05, 4.69) is 16.8 Å². The molecule has 1 amide bonds. The molecular weight excluding hydrogens is 254 g/mol. The van der Waals surface area contributed by atoms with Gasteiger partial charge in [-0.2, -0.15) is 0 Å². The third-order valence-corrected chi connectivity index (χ3v) is 3.27. The van der Waals surface area contributed by atoms with Gasteiger partial charge in [-0.3, -0.25) is 4.79 Å². The summed E-state index contributed by atoms with van der Waals surface area (Å²) in [4.78, 5) is 14.0. The Morgan fingerprint density at radius 2 is 2.05 bits per heavy atom. The molecule has 3 N–H and O–H groups in total. The quantitative estimate of drug-likeness (QED) is 0.796. The molecule has 5 heteroatoms. The second-order valence-electron chi connectivity index (χ2n) is 4.77. The van der Waals surface area contributed by atoms with E-state index in [0.717, 1.165) is 37.7 Å². The van der Waals surface area contributed by atoms with Crippen LogP contribution < -0.4 is 16.0 Å². The van der Waals surface area contributed by atoms with Gasteiger partial charge in [0.25, 0.3) is 0 Å². The lowest BCUT2D eigenvalue weighted by Gasteiger charge is -2.28. The number of anilines is 2. The van der Waals surface area contributed by atoms with Crippen LogP contribution in [0.25, 0.3) is 0 Å². The highest BCUT2D eigenvalue weighted by Crippen LogP contribution is 2.19. The minimum Gasteiger partial charge on any atom is -0.378 e. The second-order valence-corrected chi connectivity index (χ2v) is 4.77. The summed E-state index contributed by atoms with van der Waals surface area (Å²) >= 11 is 0. The van der Waals surface area contributed by atoms with Crippen molar-refractivity contribution in [1.82, 2.24) is 0 Å². The molecule has 1 aromatic rings. The van der Waals surface area contributed by atoms with Gasteiger partial charge in [-0.25, -0.2) is 0 Å². The topological polar surface area (TPSA) is 67.6 Å². The highest BCUT2D eigenvalue weighted by Gasteiger charge is 2.13. The number of nitrogens with zero attached hydrogens (tertiary/aromatic N) is 1. The number of morpholine rings is 1. The van der Waals surface area contributed by atoms with E-state index in [1.54, 1.807) is 6.08 Å². The van der Waals surface area contributed by atoms with Crippen molar-refractivity contribution in [3.63, 3.8) is 0 Å². The van der Waals surface area contributed by atoms with Crippen LogP contribution in [0.3, 0.4) is 0 Å². The average Bonchev–Trinajstić information content (AvgIpc) is 2.49. The number of benzene rings is 1. The monoisotopic (exact) mass is 275 g/mol. The van der Waals surface area contributed by atoms with Crippen molar-refractivity contribution in [2.24, 2.45) is 5.73 Å². The van der Waals surface area contributed by atoms with Crippen LogP contribution in [0, 0.1) is 0 Å². The molecule has 1 unspecified atom stereocenters. The van der Waals surface area contributed by atoms with Crippen LogP contribution in [0.4, 0.5) is 11.4 Å². The largest absolute Gasteiger partial charge is 0.378 e. The van der Waals surface area contributed by atoms with E-state index < -0.39 is 6.04 Å². The fraction of sp³-hybridized carbons (Fsp3) is 0.400. The molecule has 20 heavy (non-hydrogen) atoms. The van der Waals surface area contributed by atoms with Gasteiger partial charge in [0.2, 0.25) is 5.91 Å². The Labute approximate surface area is 119 Å². The first-order valence-corrected chi connectivity index (χ1v) is 6.81. The normalized spacial score (nSPS) is 16.6. The Balaban J connectivity index is 1.94. The lowest BCUT2D eigenvalue weighted by molar-refractivity contribution is -0.117. The molecule has 1 atom stereocenters. The van der Waals surface area contributed by atoms with Crippen molar-refractivity contribution < 1.29 is 9.53 Å². The predicted molar refractivity (Wildman–Crippen MR) is 80.9 cm³/mol. The van der Waals surface area contributed by atoms with Gasteiger partial charge < -0.3 is 20.7 Å². The van der Waals surface area contributed by atoms with E-state index in [0.29, 0.717) is 6.42 Å². The molecule has 0 aliphatic carbocycles. The van der Waals surface area contributed by atoms with Crippen LogP contribution >= 0.6 is 0 Å². The summed E-state index contributed by atoms with van der Waals surface area (Å²) in [6, 6.07) is 7.23. The first-order chi connectivity index (χ1) is 9.70. The van der Waals surface area contributed by atoms with Gasteiger partial charge in [-0.05, 0) is 30.7 Å². The molecule has 1 saturated heterocycles. The number of rotatable bonds is 5. The lowest BCUT2D eigenvalue weighted by atomic mass is 10.2. The molecule has 2 rings (SSSR count). The number of hydrogen-bond acceptors (Lipinski definition) is 4. The molecule has 108 valence electrons. The number of carbonyl (C=O) groups is 1. The maximum absolute atomic E-state index is 11.8. The van der Waals surface area contributed by atoms with Gasteiger partial charge in [-0.15, -0.1) is 6.58 Å². The number of nitrogens with two attached hydrogens (primary N) is 1. The first kappa shape index (κ1) is 14.6. The summed E-state index contributed by atoms with van der Waals surface area (Å²) < 4.78 is 5.33. The first-order valence-electron chi connectivity index (χ1n) is 6.81. The second kappa shape index (κ2) is 7.07. The number of nitrogens with one attached hydrogen (secondary N) is 1. The fourth-order valence-electron chi connectivity index (χ4n) is 2.10. The van der Waals surface area contributed by atoms with Crippen LogP contribution in [0.2, 0.25) is 0 Å². The van der Waals surface area contributed by atoms with Crippen molar-refractivity contribution >= 4 is 17.3 Å². The van der Waals surface area contributed by atoms with E-state index in [4.69, 9.17) is 10.5 Å². The molecule has 0 bridgehead atoms.